The molecule has 0 spiro atoms. The van der Waals surface area contributed by atoms with Crippen LogP contribution in [-0.2, 0) is 11.2 Å². The highest BCUT2D eigenvalue weighted by Crippen LogP contribution is 2.38. The summed E-state index contributed by atoms with van der Waals surface area (Å²) in [5, 5.41) is 6.65. The SMILES string of the molecule is Nc1cc(N[C@@H]2CN3CCCC[C@@]3(C(=O)NCCc3ccccc3)C2)ncn1. The van der Waals surface area contributed by atoms with E-state index in [1.54, 1.807) is 6.07 Å². The number of nitrogen functional groups attached to an aromatic ring is 1. The third-order valence-corrected chi connectivity index (χ3v) is 5.90. The summed E-state index contributed by atoms with van der Waals surface area (Å²) in [7, 11) is 0. The summed E-state index contributed by atoms with van der Waals surface area (Å²) in [6, 6.07) is 12.2. The monoisotopic (exact) mass is 380 g/mol. The van der Waals surface area contributed by atoms with Gasteiger partial charge in [-0.2, -0.15) is 0 Å². The molecule has 0 saturated carbocycles. The minimum atomic E-state index is -0.412. The lowest BCUT2D eigenvalue weighted by atomic mass is 9.84. The standard InChI is InChI=1S/C21H28N6O/c22-18-12-19(25-15-24-18)26-17-13-21(9-4-5-11-27(21)14-17)20(28)23-10-8-16-6-2-1-3-7-16/h1-3,6-7,12,15,17H,4-5,8-11,13-14H2,(H,23,28)(H3,22,24,25,26)/t17-,21-/m0/s1. The summed E-state index contributed by atoms with van der Waals surface area (Å²) in [6.07, 6.45) is 6.25. The van der Waals surface area contributed by atoms with Gasteiger partial charge in [0.25, 0.3) is 0 Å². The Kier molecular flexibility index (Phi) is 5.43. The molecule has 0 bridgehead atoms. The molecular weight excluding hydrogens is 352 g/mol. The van der Waals surface area contributed by atoms with E-state index in [4.69, 9.17) is 5.73 Å². The Bertz CT molecular complexity index is 814. The summed E-state index contributed by atoms with van der Waals surface area (Å²) in [6.45, 7) is 2.48. The Labute approximate surface area is 165 Å². The summed E-state index contributed by atoms with van der Waals surface area (Å²) in [4.78, 5) is 23.8. The average Bonchev–Trinajstić information content (AvgIpc) is 3.08. The van der Waals surface area contributed by atoms with Crippen LogP contribution in [0.1, 0.15) is 31.2 Å². The maximum atomic E-state index is 13.2. The van der Waals surface area contributed by atoms with E-state index in [1.807, 2.05) is 18.2 Å². The summed E-state index contributed by atoms with van der Waals surface area (Å²) in [5.41, 5.74) is 6.59. The molecule has 1 amide bonds. The second-order valence-corrected chi connectivity index (χ2v) is 7.80. The van der Waals surface area contributed by atoms with E-state index >= 15 is 0 Å². The average molecular weight is 380 g/mol. The van der Waals surface area contributed by atoms with Gasteiger partial charge in [0.2, 0.25) is 5.91 Å². The Morgan fingerprint density at radius 2 is 2.11 bits per heavy atom. The number of carbonyl (C=O) groups excluding carboxylic acids is 1. The van der Waals surface area contributed by atoms with Crippen LogP contribution in [-0.4, -0.2) is 52.0 Å². The van der Waals surface area contributed by atoms with Crippen LogP contribution in [0.2, 0.25) is 0 Å². The molecule has 4 N–H and O–H groups in total. The molecule has 2 aromatic rings. The molecule has 2 fully saturated rings. The number of nitrogens with zero attached hydrogens (tertiary/aromatic N) is 3. The molecule has 2 saturated heterocycles. The van der Waals surface area contributed by atoms with Gasteiger partial charge in [-0.1, -0.05) is 30.3 Å². The number of benzene rings is 1. The van der Waals surface area contributed by atoms with E-state index in [2.05, 4.69) is 37.6 Å². The smallest absolute Gasteiger partial charge is 0.240 e. The first-order valence-corrected chi connectivity index (χ1v) is 10.1. The molecule has 7 nitrogen and oxygen atoms in total. The lowest BCUT2D eigenvalue weighted by Gasteiger charge is -2.40. The van der Waals surface area contributed by atoms with Crippen molar-refractivity contribution in [2.45, 2.75) is 43.7 Å². The number of nitrogens with one attached hydrogen (secondary N) is 2. The zero-order chi connectivity index (χ0) is 19.4. The van der Waals surface area contributed by atoms with Gasteiger partial charge in [-0.3, -0.25) is 9.69 Å². The highest BCUT2D eigenvalue weighted by atomic mass is 16.2. The number of nitrogens with two attached hydrogens (primary N) is 1. The Hall–Kier alpha value is -2.67. The molecule has 0 radical (unpaired) electrons. The third-order valence-electron chi connectivity index (χ3n) is 5.90. The van der Waals surface area contributed by atoms with Crippen molar-refractivity contribution in [2.75, 3.05) is 30.7 Å². The fourth-order valence-corrected chi connectivity index (χ4v) is 4.56. The first kappa shape index (κ1) is 18.7. The van der Waals surface area contributed by atoms with Gasteiger partial charge in [0.1, 0.15) is 23.5 Å². The van der Waals surface area contributed by atoms with E-state index in [0.717, 1.165) is 51.0 Å². The molecule has 4 rings (SSSR count). The number of piperidine rings is 1. The second-order valence-electron chi connectivity index (χ2n) is 7.80. The summed E-state index contributed by atoms with van der Waals surface area (Å²) >= 11 is 0. The van der Waals surface area contributed by atoms with Crippen molar-refractivity contribution in [3.05, 3.63) is 48.3 Å². The topological polar surface area (TPSA) is 96.2 Å². The maximum Gasteiger partial charge on any atom is 0.240 e. The molecular formula is C21H28N6O. The van der Waals surface area contributed by atoms with E-state index in [1.165, 1.54) is 11.9 Å². The number of hydrogen-bond acceptors (Lipinski definition) is 6. The molecule has 3 heterocycles. The van der Waals surface area contributed by atoms with Gasteiger partial charge in [0, 0.05) is 25.2 Å². The van der Waals surface area contributed by atoms with Crippen molar-refractivity contribution in [3.63, 3.8) is 0 Å². The summed E-state index contributed by atoms with van der Waals surface area (Å²) < 4.78 is 0. The highest BCUT2D eigenvalue weighted by Gasteiger charge is 2.51. The molecule has 2 aliphatic heterocycles. The van der Waals surface area contributed by atoms with Crippen LogP contribution in [0, 0.1) is 0 Å². The van der Waals surface area contributed by atoms with Gasteiger partial charge in [-0.25, -0.2) is 9.97 Å². The van der Waals surface area contributed by atoms with Crippen LogP contribution in [0.3, 0.4) is 0 Å². The van der Waals surface area contributed by atoms with E-state index < -0.39 is 5.54 Å². The first-order valence-electron chi connectivity index (χ1n) is 10.1. The number of anilines is 2. The number of hydrogen-bond donors (Lipinski definition) is 3. The predicted octanol–water partition coefficient (Wildman–Crippen LogP) is 1.83. The molecule has 148 valence electrons. The van der Waals surface area contributed by atoms with Crippen LogP contribution in [0.15, 0.2) is 42.7 Å². The van der Waals surface area contributed by atoms with E-state index in [-0.39, 0.29) is 11.9 Å². The molecule has 0 aliphatic carbocycles. The van der Waals surface area contributed by atoms with Gasteiger partial charge < -0.3 is 16.4 Å². The maximum absolute atomic E-state index is 13.2. The van der Waals surface area contributed by atoms with E-state index in [0.29, 0.717) is 12.4 Å². The van der Waals surface area contributed by atoms with Crippen LogP contribution in [0.5, 0.6) is 0 Å². The largest absolute Gasteiger partial charge is 0.384 e. The molecule has 0 unspecified atom stereocenters. The fraction of sp³-hybridized carbons (Fsp3) is 0.476. The minimum Gasteiger partial charge on any atom is -0.384 e. The third kappa shape index (κ3) is 3.94. The summed E-state index contributed by atoms with van der Waals surface area (Å²) in [5.74, 6) is 1.33. The van der Waals surface area contributed by atoms with Crippen LogP contribution >= 0.6 is 0 Å². The lowest BCUT2D eigenvalue weighted by molar-refractivity contribution is -0.133. The molecule has 2 aliphatic rings. The Morgan fingerprint density at radius 1 is 1.25 bits per heavy atom. The fourth-order valence-electron chi connectivity index (χ4n) is 4.56. The molecule has 28 heavy (non-hydrogen) atoms. The zero-order valence-electron chi connectivity index (χ0n) is 16.1. The number of fused-ring (bicyclic) bond motifs is 1. The molecule has 7 heteroatoms. The van der Waals surface area contributed by atoms with Gasteiger partial charge in [-0.05, 0) is 44.2 Å². The van der Waals surface area contributed by atoms with Crippen molar-refractivity contribution < 1.29 is 4.79 Å². The van der Waals surface area contributed by atoms with Crippen molar-refractivity contribution >= 4 is 17.5 Å². The predicted molar refractivity (Wildman–Crippen MR) is 110 cm³/mol. The molecule has 2 atom stereocenters. The van der Waals surface area contributed by atoms with Crippen molar-refractivity contribution in [1.82, 2.24) is 20.2 Å². The number of aromatic nitrogens is 2. The van der Waals surface area contributed by atoms with E-state index in [9.17, 15) is 4.79 Å². The van der Waals surface area contributed by atoms with Gasteiger partial charge in [0.15, 0.2) is 0 Å². The second kappa shape index (κ2) is 8.14. The molecule has 1 aromatic heterocycles. The zero-order valence-corrected chi connectivity index (χ0v) is 16.1. The number of carbonyl (C=O) groups is 1. The van der Waals surface area contributed by atoms with Crippen LogP contribution in [0.25, 0.3) is 0 Å². The highest BCUT2D eigenvalue weighted by molar-refractivity contribution is 5.87. The lowest BCUT2D eigenvalue weighted by Crippen LogP contribution is -2.57. The molecule has 1 aromatic carbocycles. The first-order chi connectivity index (χ1) is 13.7. The van der Waals surface area contributed by atoms with Crippen LogP contribution in [0.4, 0.5) is 11.6 Å². The van der Waals surface area contributed by atoms with Gasteiger partial charge >= 0.3 is 0 Å². The van der Waals surface area contributed by atoms with Gasteiger partial charge in [0.05, 0.1) is 0 Å². The Balaban J connectivity index is 1.40. The van der Waals surface area contributed by atoms with Crippen molar-refractivity contribution in [2.24, 2.45) is 0 Å². The van der Waals surface area contributed by atoms with Gasteiger partial charge in [-0.15, -0.1) is 0 Å². The van der Waals surface area contributed by atoms with Crippen molar-refractivity contribution in [3.8, 4) is 0 Å². The number of amides is 1. The minimum absolute atomic E-state index is 0.162. The normalized spacial score (nSPS) is 24.5. The number of rotatable bonds is 6. The van der Waals surface area contributed by atoms with Crippen molar-refractivity contribution in [1.29, 1.82) is 0 Å². The van der Waals surface area contributed by atoms with Crippen LogP contribution < -0.4 is 16.4 Å². The quantitative estimate of drug-likeness (QED) is 0.708. The Morgan fingerprint density at radius 3 is 2.93 bits per heavy atom.